The lowest BCUT2D eigenvalue weighted by Crippen LogP contribution is -2.47. The number of fused-ring (bicyclic) bond motifs is 1. The van der Waals surface area contributed by atoms with Crippen molar-refractivity contribution in [3.8, 4) is 0 Å². The van der Waals surface area contributed by atoms with E-state index in [1.807, 2.05) is 11.4 Å². The number of carbonyl (C=O) groups excluding carboxylic acids is 1. The van der Waals surface area contributed by atoms with Crippen molar-refractivity contribution in [1.82, 2.24) is 9.21 Å². The van der Waals surface area contributed by atoms with Gasteiger partial charge in [-0.25, -0.2) is 12.8 Å². The molecule has 0 spiro atoms. The Labute approximate surface area is 213 Å². The van der Waals surface area contributed by atoms with Crippen LogP contribution in [0.1, 0.15) is 28.5 Å². The van der Waals surface area contributed by atoms with Crippen LogP contribution in [0.3, 0.4) is 0 Å². The predicted octanol–water partition coefficient (Wildman–Crippen LogP) is 4.74. The van der Waals surface area contributed by atoms with Crippen LogP contribution in [0.5, 0.6) is 0 Å². The molecule has 4 rings (SSSR count). The first-order valence-corrected chi connectivity index (χ1v) is 13.9. The lowest BCUT2D eigenvalue weighted by Gasteiger charge is -2.37. The molecule has 1 atom stereocenters. The molecule has 3 aromatic rings. The monoisotopic (exact) mass is 536 g/mol. The SMILES string of the molecule is COCCCN(CC(=O)N1CCc2sccc2C1c1ccc(F)cc1)S(=O)(=O)c1ccc(Cl)cc1. The third-order valence-corrected chi connectivity index (χ3v) is 9.10. The lowest BCUT2D eigenvalue weighted by molar-refractivity contribution is -0.133. The van der Waals surface area contributed by atoms with E-state index in [-0.39, 0.29) is 29.7 Å². The number of carbonyl (C=O) groups is 1. The number of benzene rings is 2. The van der Waals surface area contributed by atoms with Crippen molar-refractivity contribution in [3.05, 3.63) is 86.8 Å². The van der Waals surface area contributed by atoms with Crippen LogP contribution in [0.4, 0.5) is 4.39 Å². The molecule has 1 aromatic heterocycles. The molecule has 1 amide bonds. The number of halogens is 2. The molecule has 186 valence electrons. The maximum Gasteiger partial charge on any atom is 0.243 e. The fraction of sp³-hybridized carbons (Fsp3) is 0.320. The topological polar surface area (TPSA) is 66.9 Å². The molecule has 6 nitrogen and oxygen atoms in total. The zero-order valence-corrected chi connectivity index (χ0v) is 21.6. The van der Waals surface area contributed by atoms with E-state index in [9.17, 15) is 17.6 Å². The summed E-state index contributed by atoms with van der Waals surface area (Å²) >= 11 is 7.56. The molecule has 0 aliphatic carbocycles. The maximum absolute atomic E-state index is 13.7. The van der Waals surface area contributed by atoms with E-state index in [4.69, 9.17) is 16.3 Å². The number of hydrogen-bond acceptors (Lipinski definition) is 5. The van der Waals surface area contributed by atoms with Crippen LogP contribution in [0.25, 0.3) is 0 Å². The Kier molecular flexibility index (Phi) is 8.23. The van der Waals surface area contributed by atoms with Crippen molar-refractivity contribution in [2.45, 2.75) is 23.8 Å². The first-order valence-electron chi connectivity index (χ1n) is 11.2. The van der Waals surface area contributed by atoms with E-state index < -0.39 is 16.1 Å². The third kappa shape index (κ3) is 5.76. The van der Waals surface area contributed by atoms with Crippen LogP contribution < -0.4 is 0 Å². The summed E-state index contributed by atoms with van der Waals surface area (Å²) in [5, 5.41) is 2.41. The second-order valence-corrected chi connectivity index (χ2v) is 11.6. The van der Waals surface area contributed by atoms with Gasteiger partial charge in [0.05, 0.1) is 17.5 Å². The first kappa shape index (κ1) is 25.8. The van der Waals surface area contributed by atoms with Gasteiger partial charge >= 0.3 is 0 Å². The molecule has 0 radical (unpaired) electrons. The average Bonchev–Trinajstić information content (AvgIpc) is 3.33. The minimum atomic E-state index is -3.95. The predicted molar refractivity (Wildman–Crippen MR) is 135 cm³/mol. The largest absolute Gasteiger partial charge is 0.385 e. The van der Waals surface area contributed by atoms with Gasteiger partial charge in [0.25, 0.3) is 0 Å². The molecule has 0 fully saturated rings. The Morgan fingerprint density at radius 3 is 2.57 bits per heavy atom. The van der Waals surface area contributed by atoms with Crippen molar-refractivity contribution in [2.75, 3.05) is 33.4 Å². The molecular formula is C25H26ClFN2O4S2. The van der Waals surface area contributed by atoms with Crippen LogP contribution in [-0.4, -0.2) is 56.9 Å². The zero-order valence-electron chi connectivity index (χ0n) is 19.2. The van der Waals surface area contributed by atoms with Gasteiger partial charge < -0.3 is 9.64 Å². The second-order valence-electron chi connectivity index (χ2n) is 8.23. The Bertz CT molecular complexity index is 1260. The van der Waals surface area contributed by atoms with Crippen LogP contribution >= 0.6 is 22.9 Å². The van der Waals surface area contributed by atoms with Crippen molar-refractivity contribution >= 4 is 38.9 Å². The van der Waals surface area contributed by atoms with Crippen molar-refractivity contribution in [2.24, 2.45) is 0 Å². The standard InChI is InChI=1S/C25H26ClFN2O4S2/c1-33-15-2-13-28(35(31,32)21-9-5-19(26)6-10-21)17-24(30)29-14-11-23-22(12-16-34-23)25(29)18-3-7-20(27)8-4-18/h3-10,12,16,25H,2,11,13-15,17H2,1H3. The Morgan fingerprint density at radius 2 is 1.89 bits per heavy atom. The van der Waals surface area contributed by atoms with Crippen molar-refractivity contribution in [3.63, 3.8) is 0 Å². The summed E-state index contributed by atoms with van der Waals surface area (Å²) in [5.74, 6) is -0.669. The van der Waals surface area contributed by atoms with Gasteiger partial charge in [-0.05, 0) is 71.8 Å². The molecule has 0 bridgehead atoms. The zero-order chi connectivity index (χ0) is 25.0. The smallest absolute Gasteiger partial charge is 0.243 e. The quantitative estimate of drug-likeness (QED) is 0.370. The second kappa shape index (κ2) is 11.2. The molecular weight excluding hydrogens is 511 g/mol. The van der Waals surface area contributed by atoms with Crippen LogP contribution in [0.15, 0.2) is 64.9 Å². The highest BCUT2D eigenvalue weighted by Crippen LogP contribution is 2.38. The number of sulfonamides is 1. The molecule has 1 unspecified atom stereocenters. The Morgan fingerprint density at radius 1 is 1.17 bits per heavy atom. The molecule has 35 heavy (non-hydrogen) atoms. The van der Waals surface area contributed by atoms with Gasteiger partial charge in [0.15, 0.2) is 0 Å². The number of rotatable bonds is 9. The highest BCUT2D eigenvalue weighted by molar-refractivity contribution is 7.89. The van der Waals surface area contributed by atoms with Crippen LogP contribution in [0, 0.1) is 5.82 Å². The van der Waals surface area contributed by atoms with Crippen LogP contribution in [-0.2, 0) is 26.0 Å². The van der Waals surface area contributed by atoms with E-state index >= 15 is 0 Å². The van der Waals surface area contributed by atoms with Gasteiger partial charge in [-0.1, -0.05) is 23.7 Å². The van der Waals surface area contributed by atoms with E-state index in [1.54, 1.807) is 35.5 Å². The van der Waals surface area contributed by atoms with Crippen LogP contribution in [0.2, 0.25) is 5.02 Å². The summed E-state index contributed by atoms with van der Waals surface area (Å²) in [6.07, 6.45) is 1.12. The van der Waals surface area contributed by atoms with Gasteiger partial charge in [0, 0.05) is 36.7 Å². The number of nitrogens with zero attached hydrogens (tertiary/aromatic N) is 2. The molecule has 2 aromatic carbocycles. The number of methoxy groups -OCH3 is 1. The number of hydrogen-bond donors (Lipinski definition) is 0. The fourth-order valence-electron chi connectivity index (χ4n) is 4.26. The van der Waals surface area contributed by atoms with Crippen molar-refractivity contribution in [1.29, 1.82) is 0 Å². The van der Waals surface area contributed by atoms with Gasteiger partial charge in [-0.3, -0.25) is 4.79 Å². The minimum Gasteiger partial charge on any atom is -0.385 e. The maximum atomic E-state index is 13.7. The first-order chi connectivity index (χ1) is 16.8. The third-order valence-electron chi connectivity index (χ3n) is 5.99. The van der Waals surface area contributed by atoms with Crippen molar-refractivity contribution < 1.29 is 22.3 Å². The Balaban J connectivity index is 1.64. The summed E-state index contributed by atoms with van der Waals surface area (Å²) in [6, 6.07) is 13.6. The summed E-state index contributed by atoms with van der Waals surface area (Å²) in [6.45, 7) is 0.622. The highest BCUT2D eigenvalue weighted by atomic mass is 35.5. The minimum absolute atomic E-state index is 0.0703. The highest BCUT2D eigenvalue weighted by Gasteiger charge is 2.35. The summed E-state index contributed by atoms with van der Waals surface area (Å²) in [4.78, 5) is 16.6. The van der Waals surface area contributed by atoms with Gasteiger partial charge in [-0.2, -0.15) is 4.31 Å². The molecule has 1 aliphatic heterocycles. The number of thiophene rings is 1. The van der Waals surface area contributed by atoms with E-state index in [0.29, 0.717) is 31.0 Å². The molecule has 0 saturated heterocycles. The van der Waals surface area contributed by atoms with E-state index in [0.717, 1.165) is 11.1 Å². The molecule has 0 N–H and O–H groups in total. The normalized spacial score (nSPS) is 15.9. The molecule has 0 saturated carbocycles. The average molecular weight is 537 g/mol. The van der Waals surface area contributed by atoms with Gasteiger partial charge in [0.1, 0.15) is 5.82 Å². The molecule has 10 heteroatoms. The summed E-state index contributed by atoms with van der Waals surface area (Å²) in [5.41, 5.74) is 1.78. The fourth-order valence-corrected chi connectivity index (χ4v) is 6.71. The van der Waals surface area contributed by atoms with Gasteiger partial charge in [0.2, 0.25) is 15.9 Å². The van der Waals surface area contributed by atoms with E-state index in [2.05, 4.69) is 0 Å². The van der Waals surface area contributed by atoms with Gasteiger partial charge in [-0.15, -0.1) is 11.3 Å². The molecule has 1 aliphatic rings. The lowest BCUT2D eigenvalue weighted by atomic mass is 9.93. The number of amides is 1. The summed E-state index contributed by atoms with van der Waals surface area (Å²) in [7, 11) is -2.40. The number of ether oxygens (including phenoxy) is 1. The van der Waals surface area contributed by atoms with E-state index in [1.165, 1.54) is 45.6 Å². The summed E-state index contributed by atoms with van der Waals surface area (Å²) < 4.78 is 46.8. The molecule has 2 heterocycles. The Hall–Kier alpha value is -2.30.